The second-order valence-electron chi connectivity index (χ2n) is 6.92. The van der Waals surface area contributed by atoms with Gasteiger partial charge in [0.25, 0.3) is 5.91 Å². The van der Waals surface area contributed by atoms with E-state index in [2.05, 4.69) is 4.98 Å². The largest absolute Gasteiger partial charge is 0.450 e. The minimum atomic E-state index is -0.578. The summed E-state index contributed by atoms with van der Waals surface area (Å²) in [6.45, 7) is 0.347. The van der Waals surface area contributed by atoms with E-state index >= 15 is 0 Å². The molecule has 0 fully saturated rings. The number of nitrogens with zero attached hydrogens (tertiary/aromatic N) is 2. The lowest BCUT2D eigenvalue weighted by Gasteiger charge is -2.25. The number of benzene rings is 2. The van der Waals surface area contributed by atoms with Crippen molar-refractivity contribution in [3.63, 3.8) is 0 Å². The zero-order valence-corrected chi connectivity index (χ0v) is 16.0. The Balaban J connectivity index is 1.74. The number of carbonyl (C=O) groups excluding carboxylic acids is 1. The van der Waals surface area contributed by atoms with Gasteiger partial charge in [0, 0.05) is 24.0 Å². The Morgan fingerprint density at radius 3 is 2.62 bits per heavy atom. The molecule has 142 valence electrons. The molecule has 2 aromatic heterocycles. The van der Waals surface area contributed by atoms with E-state index in [1.807, 2.05) is 36.4 Å². The number of aromatic nitrogens is 1. The molecule has 1 aliphatic rings. The molecule has 0 radical (unpaired) electrons. The average Bonchev–Trinajstić information content (AvgIpc) is 3.02. The van der Waals surface area contributed by atoms with Crippen LogP contribution in [-0.2, 0) is 6.54 Å². The van der Waals surface area contributed by atoms with Crippen molar-refractivity contribution in [1.29, 1.82) is 0 Å². The first-order valence-electron chi connectivity index (χ1n) is 9.14. The Hall–Kier alpha value is -3.44. The summed E-state index contributed by atoms with van der Waals surface area (Å²) in [5.41, 5.74) is 2.14. The third-order valence-corrected chi connectivity index (χ3v) is 5.36. The molecule has 0 spiro atoms. The number of amides is 1. The van der Waals surface area contributed by atoms with Crippen LogP contribution < -0.4 is 5.43 Å². The number of hydrogen-bond donors (Lipinski definition) is 0. The number of hydrogen-bond acceptors (Lipinski definition) is 4. The van der Waals surface area contributed by atoms with Crippen LogP contribution in [0.15, 0.2) is 82.3 Å². The van der Waals surface area contributed by atoms with E-state index in [-0.39, 0.29) is 17.1 Å². The summed E-state index contributed by atoms with van der Waals surface area (Å²) >= 11 is 6.09. The number of fused-ring (bicyclic) bond motifs is 2. The van der Waals surface area contributed by atoms with Crippen LogP contribution >= 0.6 is 11.6 Å². The maximum Gasteiger partial charge on any atom is 0.291 e. The average molecular weight is 403 g/mol. The molecule has 0 saturated carbocycles. The highest BCUT2D eigenvalue weighted by Crippen LogP contribution is 2.39. The molecule has 0 saturated heterocycles. The van der Waals surface area contributed by atoms with Crippen LogP contribution in [-0.4, -0.2) is 15.8 Å². The van der Waals surface area contributed by atoms with E-state index in [1.165, 1.54) is 0 Å². The first kappa shape index (κ1) is 17.6. The van der Waals surface area contributed by atoms with Gasteiger partial charge >= 0.3 is 0 Å². The van der Waals surface area contributed by atoms with Gasteiger partial charge in [-0.25, -0.2) is 0 Å². The summed E-state index contributed by atoms with van der Waals surface area (Å²) < 4.78 is 5.90. The van der Waals surface area contributed by atoms with Gasteiger partial charge in [-0.2, -0.15) is 0 Å². The molecule has 1 atom stereocenters. The van der Waals surface area contributed by atoms with Gasteiger partial charge in [-0.05, 0) is 35.4 Å². The molecule has 0 unspecified atom stereocenters. The lowest BCUT2D eigenvalue weighted by atomic mass is 9.99. The fourth-order valence-electron chi connectivity index (χ4n) is 3.82. The predicted octanol–water partition coefficient (Wildman–Crippen LogP) is 4.59. The summed E-state index contributed by atoms with van der Waals surface area (Å²) in [5, 5.41) is 0.799. The summed E-state index contributed by atoms with van der Waals surface area (Å²) in [6.07, 6.45) is 3.33. The van der Waals surface area contributed by atoms with Crippen molar-refractivity contribution in [2.24, 2.45) is 0 Å². The predicted molar refractivity (Wildman–Crippen MR) is 110 cm³/mol. The number of pyridine rings is 1. The van der Waals surface area contributed by atoms with E-state index in [0.717, 1.165) is 11.1 Å². The monoisotopic (exact) mass is 402 g/mol. The molecule has 2 aromatic carbocycles. The molecule has 1 amide bonds. The Kier molecular flexibility index (Phi) is 4.18. The van der Waals surface area contributed by atoms with Crippen molar-refractivity contribution in [3.8, 4) is 0 Å². The number of halogens is 1. The number of carbonyl (C=O) groups is 1. The zero-order valence-electron chi connectivity index (χ0n) is 15.2. The van der Waals surface area contributed by atoms with Crippen LogP contribution in [0.5, 0.6) is 0 Å². The first-order valence-corrected chi connectivity index (χ1v) is 9.52. The molecule has 4 aromatic rings. The molecule has 0 N–H and O–H groups in total. The molecule has 6 heteroatoms. The molecule has 5 rings (SSSR count). The minimum absolute atomic E-state index is 0.0783. The van der Waals surface area contributed by atoms with Gasteiger partial charge in [-0.15, -0.1) is 0 Å². The molecule has 0 aliphatic carbocycles. The van der Waals surface area contributed by atoms with Crippen LogP contribution in [0.3, 0.4) is 0 Å². The van der Waals surface area contributed by atoms with Gasteiger partial charge in [0.1, 0.15) is 5.58 Å². The Bertz CT molecular complexity index is 1290. The highest BCUT2D eigenvalue weighted by Gasteiger charge is 2.42. The van der Waals surface area contributed by atoms with Crippen molar-refractivity contribution in [2.45, 2.75) is 12.6 Å². The van der Waals surface area contributed by atoms with Gasteiger partial charge in [0.2, 0.25) is 5.76 Å². The molecule has 0 bridgehead atoms. The van der Waals surface area contributed by atoms with E-state index in [1.54, 1.807) is 41.6 Å². The van der Waals surface area contributed by atoms with Crippen molar-refractivity contribution >= 4 is 28.5 Å². The van der Waals surface area contributed by atoms with Crippen LogP contribution in [0.1, 0.15) is 33.3 Å². The summed E-state index contributed by atoms with van der Waals surface area (Å²) in [4.78, 5) is 32.5. The van der Waals surface area contributed by atoms with Crippen molar-refractivity contribution in [1.82, 2.24) is 9.88 Å². The molecule has 3 heterocycles. The van der Waals surface area contributed by atoms with Gasteiger partial charge in [-0.3, -0.25) is 14.6 Å². The quantitative estimate of drug-likeness (QED) is 0.503. The molecular weight excluding hydrogens is 388 g/mol. The lowest BCUT2D eigenvalue weighted by molar-refractivity contribution is 0.0714. The highest BCUT2D eigenvalue weighted by atomic mass is 35.5. The Morgan fingerprint density at radius 2 is 1.86 bits per heavy atom. The third-order valence-electron chi connectivity index (χ3n) is 5.12. The van der Waals surface area contributed by atoms with Gasteiger partial charge in [0.15, 0.2) is 5.43 Å². The third kappa shape index (κ3) is 2.91. The SMILES string of the molecule is O=C1c2oc3ccc(Cl)cc3c(=O)c2[C@H](c2cccnc2)N1Cc1ccccc1. The van der Waals surface area contributed by atoms with E-state index < -0.39 is 6.04 Å². The second kappa shape index (κ2) is 6.87. The highest BCUT2D eigenvalue weighted by molar-refractivity contribution is 6.31. The standard InChI is InChI=1S/C23H15ClN2O3/c24-16-8-9-18-17(11-16)21(27)19-20(15-7-4-10-25-12-15)26(23(28)22(19)29-18)13-14-5-2-1-3-6-14/h1-12,20H,13H2/t20-/m0/s1. The van der Waals surface area contributed by atoms with Crippen LogP contribution in [0.4, 0.5) is 0 Å². The smallest absolute Gasteiger partial charge is 0.291 e. The van der Waals surface area contributed by atoms with Crippen molar-refractivity contribution < 1.29 is 9.21 Å². The fourth-order valence-corrected chi connectivity index (χ4v) is 3.99. The van der Waals surface area contributed by atoms with Crippen molar-refractivity contribution in [3.05, 3.63) is 111 Å². The maximum atomic E-state index is 13.4. The maximum absolute atomic E-state index is 13.4. The zero-order chi connectivity index (χ0) is 20.0. The fraction of sp³-hybridized carbons (Fsp3) is 0.0870. The van der Waals surface area contributed by atoms with Crippen molar-refractivity contribution in [2.75, 3.05) is 0 Å². The minimum Gasteiger partial charge on any atom is -0.450 e. The number of rotatable bonds is 3. The lowest BCUT2D eigenvalue weighted by Crippen LogP contribution is -2.29. The second-order valence-corrected chi connectivity index (χ2v) is 7.36. The van der Waals surface area contributed by atoms with Gasteiger partial charge < -0.3 is 9.32 Å². The van der Waals surface area contributed by atoms with Crippen LogP contribution in [0, 0.1) is 0 Å². The summed E-state index contributed by atoms with van der Waals surface area (Å²) in [6, 6.07) is 17.6. The molecule has 5 nitrogen and oxygen atoms in total. The normalized spacial score (nSPS) is 15.7. The van der Waals surface area contributed by atoms with E-state index in [0.29, 0.717) is 28.1 Å². The summed E-state index contributed by atoms with van der Waals surface area (Å²) in [5.74, 6) is -0.235. The topological polar surface area (TPSA) is 63.4 Å². The van der Waals surface area contributed by atoms with E-state index in [9.17, 15) is 9.59 Å². The molecule has 29 heavy (non-hydrogen) atoms. The summed E-state index contributed by atoms with van der Waals surface area (Å²) in [7, 11) is 0. The molecular formula is C23H15ClN2O3. The van der Waals surface area contributed by atoms with E-state index in [4.69, 9.17) is 16.0 Å². The molecule has 1 aliphatic heterocycles. The Morgan fingerprint density at radius 1 is 1.03 bits per heavy atom. The Labute approximate surface area is 171 Å². The van der Waals surface area contributed by atoms with Crippen LogP contribution in [0.25, 0.3) is 11.0 Å². The first-order chi connectivity index (χ1) is 14.1. The van der Waals surface area contributed by atoms with Crippen LogP contribution in [0.2, 0.25) is 5.02 Å². The van der Waals surface area contributed by atoms with Gasteiger partial charge in [-0.1, -0.05) is 48.0 Å². The van der Waals surface area contributed by atoms with Gasteiger partial charge in [0.05, 0.1) is 17.0 Å².